The molecule has 18 heavy (non-hydrogen) atoms. The molecule has 2 N–H and O–H groups in total. The molecule has 0 fully saturated rings. The van der Waals surface area contributed by atoms with Crippen LogP contribution in [0.1, 0.15) is 10.4 Å². The summed E-state index contributed by atoms with van der Waals surface area (Å²) in [4.78, 5) is 10.6. The fourth-order valence-corrected chi connectivity index (χ4v) is 1.47. The van der Waals surface area contributed by atoms with Gasteiger partial charge in [-0.15, -0.1) is 0 Å². The maximum absolute atomic E-state index is 13.6. The highest BCUT2D eigenvalue weighted by Crippen LogP contribution is 2.21. The van der Waals surface area contributed by atoms with Gasteiger partial charge in [-0.1, -0.05) is 6.07 Å². The third-order valence-electron chi connectivity index (χ3n) is 2.32. The van der Waals surface area contributed by atoms with Crippen LogP contribution in [0.15, 0.2) is 42.5 Å². The van der Waals surface area contributed by atoms with Crippen LogP contribution in [0.3, 0.4) is 0 Å². The Morgan fingerprint density at radius 3 is 2.50 bits per heavy atom. The molecule has 0 aromatic heterocycles. The van der Waals surface area contributed by atoms with Crippen molar-refractivity contribution in [3.63, 3.8) is 0 Å². The average molecular weight is 249 g/mol. The molecule has 2 rings (SSSR count). The predicted octanol–water partition coefficient (Wildman–Crippen LogP) is 3.41. The number of nitrogens with one attached hydrogen (secondary N) is 1. The summed E-state index contributed by atoms with van der Waals surface area (Å²) in [5.41, 5.74) is 0.333. The summed E-state index contributed by atoms with van der Waals surface area (Å²) >= 11 is 0. The number of hydrogen-bond donors (Lipinski definition) is 2. The molecule has 0 unspecified atom stereocenters. The predicted molar refractivity (Wildman–Crippen MR) is 63.0 cm³/mol. The number of halogens is 2. The number of rotatable bonds is 3. The molecule has 3 nitrogen and oxygen atoms in total. The second kappa shape index (κ2) is 4.83. The Morgan fingerprint density at radius 2 is 1.89 bits per heavy atom. The van der Waals surface area contributed by atoms with Gasteiger partial charge in [0.2, 0.25) is 0 Å². The molecule has 0 bridgehead atoms. The monoisotopic (exact) mass is 249 g/mol. The molecule has 2 aromatic carbocycles. The molecule has 0 aliphatic carbocycles. The van der Waals surface area contributed by atoms with Crippen molar-refractivity contribution in [2.75, 3.05) is 5.32 Å². The Labute approximate surface area is 102 Å². The lowest BCUT2D eigenvalue weighted by Gasteiger charge is -2.08. The van der Waals surface area contributed by atoms with Crippen LogP contribution in [0.25, 0.3) is 0 Å². The van der Waals surface area contributed by atoms with E-state index in [1.165, 1.54) is 30.3 Å². The molecule has 0 spiro atoms. The summed E-state index contributed by atoms with van der Waals surface area (Å²) in [6.45, 7) is 0. The Bertz CT molecular complexity index is 599. The number of carboxylic acids is 1. The van der Waals surface area contributed by atoms with Crippen LogP contribution in [0.4, 0.5) is 20.2 Å². The molecule has 0 aliphatic heterocycles. The third kappa shape index (κ3) is 2.63. The number of anilines is 2. The van der Waals surface area contributed by atoms with Crippen molar-refractivity contribution in [1.29, 1.82) is 0 Å². The van der Waals surface area contributed by atoms with Gasteiger partial charge >= 0.3 is 5.97 Å². The van der Waals surface area contributed by atoms with Gasteiger partial charge in [-0.25, -0.2) is 13.6 Å². The van der Waals surface area contributed by atoms with Crippen molar-refractivity contribution >= 4 is 17.3 Å². The normalized spacial score (nSPS) is 10.1. The third-order valence-corrected chi connectivity index (χ3v) is 2.32. The SMILES string of the molecule is O=C(O)c1ccc(Nc2cccc(F)c2)c(F)c1. The van der Waals surface area contributed by atoms with E-state index in [2.05, 4.69) is 5.32 Å². The van der Waals surface area contributed by atoms with Crippen molar-refractivity contribution in [1.82, 2.24) is 0 Å². The highest BCUT2D eigenvalue weighted by atomic mass is 19.1. The van der Waals surface area contributed by atoms with Crippen LogP contribution < -0.4 is 5.32 Å². The number of carbonyl (C=O) groups is 1. The van der Waals surface area contributed by atoms with E-state index >= 15 is 0 Å². The second-order valence-corrected chi connectivity index (χ2v) is 3.64. The zero-order valence-electron chi connectivity index (χ0n) is 9.15. The maximum atomic E-state index is 13.6. The Hall–Kier alpha value is -2.43. The quantitative estimate of drug-likeness (QED) is 0.876. The summed E-state index contributed by atoms with van der Waals surface area (Å²) in [7, 11) is 0. The van der Waals surface area contributed by atoms with E-state index in [9.17, 15) is 13.6 Å². The highest BCUT2D eigenvalue weighted by Gasteiger charge is 2.08. The Morgan fingerprint density at radius 1 is 1.11 bits per heavy atom. The molecule has 0 saturated carbocycles. The molecule has 92 valence electrons. The smallest absolute Gasteiger partial charge is 0.335 e. The molecular formula is C13H9F2NO2. The fourth-order valence-electron chi connectivity index (χ4n) is 1.47. The van der Waals surface area contributed by atoms with Gasteiger partial charge in [0.15, 0.2) is 0 Å². The molecule has 0 aliphatic rings. The van der Waals surface area contributed by atoms with Crippen LogP contribution >= 0.6 is 0 Å². The van der Waals surface area contributed by atoms with Gasteiger partial charge in [-0.2, -0.15) is 0 Å². The first-order chi connectivity index (χ1) is 8.56. The average Bonchev–Trinajstić information content (AvgIpc) is 2.31. The first-order valence-corrected chi connectivity index (χ1v) is 5.12. The van der Waals surface area contributed by atoms with Crippen LogP contribution in [-0.4, -0.2) is 11.1 Å². The molecule has 0 heterocycles. The second-order valence-electron chi connectivity index (χ2n) is 3.64. The van der Waals surface area contributed by atoms with Gasteiger partial charge in [0.05, 0.1) is 11.3 Å². The minimum absolute atomic E-state index is 0.0885. The summed E-state index contributed by atoms with van der Waals surface area (Å²) in [5.74, 6) is -2.35. The van der Waals surface area contributed by atoms with Crippen LogP contribution in [0.5, 0.6) is 0 Å². The number of hydrogen-bond acceptors (Lipinski definition) is 2. The molecule has 0 amide bonds. The summed E-state index contributed by atoms with van der Waals surface area (Å²) < 4.78 is 26.5. The van der Waals surface area contributed by atoms with E-state index in [0.29, 0.717) is 5.69 Å². The largest absolute Gasteiger partial charge is 0.478 e. The minimum atomic E-state index is -1.20. The zero-order chi connectivity index (χ0) is 13.1. The van der Waals surface area contributed by atoms with Crippen LogP contribution in [0, 0.1) is 11.6 Å². The van der Waals surface area contributed by atoms with Gasteiger partial charge in [-0.3, -0.25) is 0 Å². The van der Waals surface area contributed by atoms with Crippen molar-refractivity contribution < 1.29 is 18.7 Å². The lowest BCUT2D eigenvalue weighted by Crippen LogP contribution is -2.00. The summed E-state index contributed by atoms with van der Waals surface area (Å²) in [6, 6.07) is 9.02. The highest BCUT2D eigenvalue weighted by molar-refractivity contribution is 5.88. The molecule has 5 heteroatoms. The molecule has 0 atom stereocenters. The van der Waals surface area contributed by atoms with Gasteiger partial charge in [0.25, 0.3) is 0 Å². The molecular weight excluding hydrogens is 240 g/mol. The van der Waals surface area contributed by atoms with E-state index < -0.39 is 17.6 Å². The number of aromatic carboxylic acids is 1. The van der Waals surface area contributed by atoms with Crippen LogP contribution in [-0.2, 0) is 0 Å². The lowest BCUT2D eigenvalue weighted by molar-refractivity contribution is 0.0696. The van der Waals surface area contributed by atoms with Gasteiger partial charge in [0, 0.05) is 5.69 Å². The van der Waals surface area contributed by atoms with Gasteiger partial charge < -0.3 is 10.4 Å². The first-order valence-electron chi connectivity index (χ1n) is 5.12. The topological polar surface area (TPSA) is 49.3 Å². The lowest BCUT2D eigenvalue weighted by atomic mass is 10.2. The van der Waals surface area contributed by atoms with Crippen molar-refractivity contribution in [2.24, 2.45) is 0 Å². The summed E-state index contributed by atoms with van der Waals surface area (Å²) in [5, 5.41) is 11.4. The van der Waals surface area contributed by atoms with E-state index in [4.69, 9.17) is 5.11 Å². The van der Waals surface area contributed by atoms with Gasteiger partial charge in [-0.05, 0) is 36.4 Å². The van der Waals surface area contributed by atoms with Crippen LogP contribution in [0.2, 0.25) is 0 Å². The van der Waals surface area contributed by atoms with Crippen molar-refractivity contribution in [3.8, 4) is 0 Å². The fraction of sp³-hybridized carbons (Fsp3) is 0. The van der Waals surface area contributed by atoms with Crippen molar-refractivity contribution in [2.45, 2.75) is 0 Å². The Balaban J connectivity index is 2.27. The maximum Gasteiger partial charge on any atom is 0.335 e. The van der Waals surface area contributed by atoms with E-state index in [1.807, 2.05) is 0 Å². The van der Waals surface area contributed by atoms with Crippen molar-refractivity contribution in [3.05, 3.63) is 59.7 Å². The minimum Gasteiger partial charge on any atom is -0.478 e. The number of carboxylic acid groups (broad SMARTS) is 1. The van der Waals surface area contributed by atoms with E-state index in [1.54, 1.807) is 6.07 Å². The van der Waals surface area contributed by atoms with E-state index in [-0.39, 0.29) is 11.3 Å². The molecule has 2 aromatic rings. The van der Waals surface area contributed by atoms with E-state index in [0.717, 1.165) is 6.07 Å². The summed E-state index contributed by atoms with van der Waals surface area (Å²) in [6.07, 6.45) is 0. The molecule has 0 radical (unpaired) electrons. The molecule has 0 saturated heterocycles. The zero-order valence-corrected chi connectivity index (χ0v) is 9.15. The van der Waals surface area contributed by atoms with Gasteiger partial charge in [0.1, 0.15) is 11.6 Å². The first kappa shape index (κ1) is 12.0. The standard InChI is InChI=1S/C13H9F2NO2/c14-9-2-1-3-10(7-9)16-12-5-4-8(13(17)18)6-11(12)15/h1-7,16H,(H,17,18). The number of benzene rings is 2. The Kier molecular flexibility index (Phi) is 3.23.